The molecule has 8 heteroatoms. The van der Waals surface area contributed by atoms with E-state index in [-0.39, 0.29) is 11.9 Å². The minimum Gasteiger partial charge on any atom is -0.298 e. The van der Waals surface area contributed by atoms with Crippen LogP contribution < -0.4 is 10.2 Å². The monoisotopic (exact) mass is 548 g/mol. The highest BCUT2D eigenvalue weighted by atomic mass is 16.2. The topological polar surface area (TPSA) is 73.2 Å². The van der Waals surface area contributed by atoms with Crippen LogP contribution in [0.2, 0.25) is 0 Å². The molecule has 0 spiro atoms. The summed E-state index contributed by atoms with van der Waals surface area (Å²) in [5.41, 5.74) is 3.42. The second-order valence-corrected chi connectivity index (χ2v) is 13.7. The van der Waals surface area contributed by atoms with Gasteiger partial charge in [-0.25, -0.2) is 9.31 Å². The van der Waals surface area contributed by atoms with Crippen molar-refractivity contribution < 1.29 is 9.59 Å². The number of carbonyl (C=O) groups excluding carboxylic acids is 2. The lowest BCUT2D eigenvalue weighted by Crippen LogP contribution is -2.56. The number of nitrogens with one attached hydrogen (secondary N) is 1. The van der Waals surface area contributed by atoms with Gasteiger partial charge in [-0.15, -0.1) is 0 Å². The van der Waals surface area contributed by atoms with Crippen molar-refractivity contribution in [2.24, 2.45) is 23.2 Å². The molecule has 2 aliphatic heterocycles. The van der Waals surface area contributed by atoms with Crippen LogP contribution in [0, 0.1) is 23.2 Å². The van der Waals surface area contributed by atoms with E-state index in [4.69, 9.17) is 0 Å². The Morgan fingerprint density at radius 3 is 2.55 bits per heavy atom. The van der Waals surface area contributed by atoms with Gasteiger partial charge in [-0.05, 0) is 73.0 Å². The first-order valence-electron chi connectivity index (χ1n) is 15.8. The van der Waals surface area contributed by atoms with Crippen LogP contribution in [0.5, 0.6) is 0 Å². The molecule has 1 N–H and O–H groups in total. The molecule has 2 saturated carbocycles. The molecule has 2 aromatic heterocycles. The fraction of sp³-hybridized carbons (Fsp3) is 0.719. The zero-order valence-corrected chi connectivity index (χ0v) is 24.8. The smallest absolute Gasteiger partial charge is 0.298 e. The first kappa shape index (κ1) is 27.7. The Bertz CT molecular complexity index is 1210. The standard InChI is InChI=1S/C32H48N6O2/c1-23(2)26-9-12-32(3,25-7-5-4-6-8-25)20-28(26)36-17-15-35(16-18-36)22-24-10-14-38-27(19-24)29(21-33-38)37-13-11-30(39)34-31(37)40/h10,14,19,21,23,25-26,28H,4-9,11-13,15-18,20,22H2,1-3H3,(H,34,39,40). The Kier molecular flexibility index (Phi) is 7.92. The predicted octanol–water partition coefficient (Wildman–Crippen LogP) is 5.31. The third-order valence-corrected chi connectivity index (χ3v) is 10.9. The van der Waals surface area contributed by atoms with Gasteiger partial charge in [0.2, 0.25) is 5.91 Å². The fourth-order valence-corrected chi connectivity index (χ4v) is 8.39. The highest BCUT2D eigenvalue weighted by Gasteiger charge is 2.45. The van der Waals surface area contributed by atoms with E-state index in [1.54, 1.807) is 11.1 Å². The van der Waals surface area contributed by atoms with E-state index in [2.05, 4.69) is 53.1 Å². The van der Waals surface area contributed by atoms with Crippen LogP contribution in [0.4, 0.5) is 10.5 Å². The lowest BCUT2D eigenvalue weighted by atomic mass is 9.58. The van der Waals surface area contributed by atoms with Crippen LogP contribution in [0.15, 0.2) is 24.5 Å². The van der Waals surface area contributed by atoms with Crippen molar-refractivity contribution in [2.75, 3.05) is 37.6 Å². The van der Waals surface area contributed by atoms with Gasteiger partial charge in [0.05, 0.1) is 17.4 Å². The Morgan fingerprint density at radius 2 is 1.82 bits per heavy atom. The van der Waals surface area contributed by atoms with E-state index in [0.29, 0.717) is 18.4 Å². The van der Waals surface area contributed by atoms with Crippen LogP contribution in [-0.4, -0.2) is 70.1 Å². The van der Waals surface area contributed by atoms with Crippen LogP contribution in [0.25, 0.3) is 5.52 Å². The number of imide groups is 1. The zero-order chi connectivity index (χ0) is 27.9. The number of aromatic nitrogens is 2. The summed E-state index contributed by atoms with van der Waals surface area (Å²) in [7, 11) is 0. The van der Waals surface area contributed by atoms with Gasteiger partial charge in [0.1, 0.15) is 0 Å². The summed E-state index contributed by atoms with van der Waals surface area (Å²) < 4.78 is 1.82. The molecule has 6 rings (SSSR count). The number of urea groups is 1. The fourth-order valence-electron chi connectivity index (χ4n) is 8.39. The quantitative estimate of drug-likeness (QED) is 0.530. The van der Waals surface area contributed by atoms with Gasteiger partial charge in [-0.3, -0.25) is 24.8 Å². The number of pyridine rings is 1. The normalized spacial score (nSPS) is 29.9. The minimum absolute atomic E-state index is 0.218. The largest absolute Gasteiger partial charge is 0.328 e. The van der Waals surface area contributed by atoms with Crippen molar-refractivity contribution >= 4 is 23.1 Å². The molecule has 218 valence electrons. The molecule has 4 fully saturated rings. The number of hydrogen-bond acceptors (Lipinski definition) is 5. The Balaban J connectivity index is 1.11. The SMILES string of the molecule is CC(C)C1CCC(C)(C2CCCCC2)CC1N1CCN(Cc2ccn3ncc(N4CCC(=O)NC4=O)c3c2)CC1. The maximum atomic E-state index is 12.4. The van der Waals surface area contributed by atoms with Crippen molar-refractivity contribution in [1.29, 1.82) is 0 Å². The lowest BCUT2D eigenvalue weighted by molar-refractivity contribution is -0.120. The van der Waals surface area contributed by atoms with E-state index in [9.17, 15) is 9.59 Å². The lowest BCUT2D eigenvalue weighted by Gasteiger charge is -2.53. The molecule has 8 nitrogen and oxygen atoms in total. The van der Waals surface area contributed by atoms with Gasteiger partial charge in [0.15, 0.2) is 0 Å². The average Bonchev–Trinajstić information content (AvgIpc) is 3.37. The summed E-state index contributed by atoms with van der Waals surface area (Å²) in [6.07, 6.45) is 15.4. The third kappa shape index (κ3) is 5.54. The van der Waals surface area contributed by atoms with Gasteiger partial charge in [-0.2, -0.15) is 5.10 Å². The second kappa shape index (κ2) is 11.4. The van der Waals surface area contributed by atoms with E-state index in [1.165, 1.54) is 56.9 Å². The molecule has 3 amide bonds. The van der Waals surface area contributed by atoms with Crippen LogP contribution >= 0.6 is 0 Å². The van der Waals surface area contributed by atoms with Crippen molar-refractivity contribution in [3.8, 4) is 0 Å². The van der Waals surface area contributed by atoms with Gasteiger partial charge >= 0.3 is 6.03 Å². The molecule has 4 heterocycles. The van der Waals surface area contributed by atoms with Crippen molar-refractivity contribution in [3.63, 3.8) is 0 Å². The molecule has 4 aliphatic rings. The molecular weight excluding hydrogens is 500 g/mol. The molecule has 0 aromatic carbocycles. The van der Waals surface area contributed by atoms with Crippen LogP contribution in [-0.2, 0) is 11.3 Å². The molecule has 0 bridgehead atoms. The molecule has 40 heavy (non-hydrogen) atoms. The zero-order valence-electron chi connectivity index (χ0n) is 24.8. The number of nitrogens with zero attached hydrogens (tertiary/aromatic N) is 5. The average molecular weight is 549 g/mol. The molecule has 2 aliphatic carbocycles. The first-order valence-corrected chi connectivity index (χ1v) is 15.8. The summed E-state index contributed by atoms with van der Waals surface area (Å²) >= 11 is 0. The highest BCUT2D eigenvalue weighted by molar-refractivity contribution is 6.07. The molecule has 3 atom stereocenters. The molecule has 2 aromatic rings. The van der Waals surface area contributed by atoms with Crippen molar-refractivity contribution in [1.82, 2.24) is 24.7 Å². The number of anilines is 1. The van der Waals surface area contributed by atoms with E-state index in [1.807, 2.05) is 10.7 Å². The van der Waals surface area contributed by atoms with E-state index in [0.717, 1.165) is 67.7 Å². The molecule has 0 radical (unpaired) electrons. The first-order chi connectivity index (χ1) is 19.3. The molecule has 3 unspecified atom stereocenters. The van der Waals surface area contributed by atoms with Crippen LogP contribution in [0.3, 0.4) is 0 Å². The second-order valence-electron chi connectivity index (χ2n) is 13.7. The maximum Gasteiger partial charge on any atom is 0.328 e. The highest BCUT2D eigenvalue weighted by Crippen LogP contribution is 2.51. The van der Waals surface area contributed by atoms with E-state index < -0.39 is 0 Å². The molecular formula is C32H48N6O2. The molecule has 2 saturated heterocycles. The number of hydrogen-bond donors (Lipinski definition) is 1. The maximum absolute atomic E-state index is 12.4. The number of piperazine rings is 1. The van der Waals surface area contributed by atoms with Crippen LogP contribution in [0.1, 0.15) is 84.1 Å². The summed E-state index contributed by atoms with van der Waals surface area (Å²) in [6.45, 7) is 13.3. The summed E-state index contributed by atoms with van der Waals surface area (Å²) in [6, 6.07) is 4.65. The number of amides is 3. The van der Waals surface area contributed by atoms with Gasteiger partial charge < -0.3 is 0 Å². The van der Waals surface area contributed by atoms with Gasteiger partial charge in [-0.1, -0.05) is 40.0 Å². The van der Waals surface area contributed by atoms with Crippen molar-refractivity contribution in [3.05, 3.63) is 30.1 Å². The number of rotatable bonds is 6. The van der Waals surface area contributed by atoms with Gasteiger partial charge in [0, 0.05) is 57.9 Å². The Labute approximate surface area is 239 Å². The van der Waals surface area contributed by atoms with Crippen molar-refractivity contribution in [2.45, 2.75) is 91.1 Å². The third-order valence-electron chi connectivity index (χ3n) is 10.9. The Morgan fingerprint density at radius 1 is 1.05 bits per heavy atom. The summed E-state index contributed by atoms with van der Waals surface area (Å²) in [5, 5.41) is 6.88. The number of fused-ring (bicyclic) bond motifs is 1. The van der Waals surface area contributed by atoms with Gasteiger partial charge in [0.25, 0.3) is 0 Å². The predicted molar refractivity (Wildman–Crippen MR) is 158 cm³/mol. The Hall–Kier alpha value is -2.45. The summed E-state index contributed by atoms with van der Waals surface area (Å²) in [4.78, 5) is 31.1. The van der Waals surface area contributed by atoms with E-state index >= 15 is 0 Å². The number of carbonyl (C=O) groups is 2. The summed E-state index contributed by atoms with van der Waals surface area (Å²) in [5.74, 6) is 2.27. The minimum atomic E-state index is -0.366.